The van der Waals surface area contributed by atoms with Gasteiger partial charge in [0.25, 0.3) is 5.56 Å². The van der Waals surface area contributed by atoms with Gasteiger partial charge in [-0.3, -0.25) is 9.48 Å². The van der Waals surface area contributed by atoms with Crippen molar-refractivity contribution in [2.24, 2.45) is 12.8 Å². The average Bonchev–Trinajstić information content (AvgIpc) is 3.11. The number of hydrogen-bond donors (Lipinski definition) is 2. The highest BCUT2D eigenvalue weighted by atomic mass is 35.5. The Balaban J connectivity index is 2.00. The van der Waals surface area contributed by atoms with Crippen molar-refractivity contribution in [3.8, 4) is 22.4 Å². The van der Waals surface area contributed by atoms with E-state index in [-0.39, 0.29) is 12.1 Å². The first-order chi connectivity index (χ1) is 14.0. The minimum atomic E-state index is -0.265. The monoisotopic (exact) mass is 404 g/mol. The first-order valence-electron chi connectivity index (χ1n) is 8.87. The van der Waals surface area contributed by atoms with Crippen LogP contribution in [0.15, 0.2) is 41.3 Å². The molecule has 0 aliphatic heterocycles. The van der Waals surface area contributed by atoms with E-state index in [0.717, 1.165) is 27.9 Å². The number of aromatic amines is 1. The molecule has 0 spiro atoms. The first-order valence-corrected chi connectivity index (χ1v) is 9.24. The molecule has 3 N–H and O–H groups in total. The Labute approximate surface area is 171 Å². The second-order valence-corrected chi connectivity index (χ2v) is 7.08. The summed E-state index contributed by atoms with van der Waals surface area (Å²) in [6.45, 7) is 9.66. The smallest absolute Gasteiger partial charge is 0.272 e. The maximum Gasteiger partial charge on any atom is 0.272 e. The molecule has 4 rings (SSSR count). The first kappa shape index (κ1) is 18.9. The molecule has 2 aromatic carbocycles. The van der Waals surface area contributed by atoms with E-state index in [1.807, 2.05) is 32.2 Å². The lowest BCUT2D eigenvalue weighted by Gasteiger charge is -2.12. The van der Waals surface area contributed by atoms with Crippen LogP contribution in [0.4, 0.5) is 5.69 Å². The Morgan fingerprint density at radius 1 is 1.24 bits per heavy atom. The van der Waals surface area contributed by atoms with Gasteiger partial charge in [-0.2, -0.15) is 10.2 Å². The van der Waals surface area contributed by atoms with Crippen LogP contribution in [0.25, 0.3) is 38.0 Å². The Hall–Kier alpha value is -3.47. The Morgan fingerprint density at radius 2 is 2.03 bits per heavy atom. The number of nitrogens with one attached hydrogen (secondary N) is 1. The molecule has 0 radical (unpaired) electrons. The van der Waals surface area contributed by atoms with Gasteiger partial charge in [0.05, 0.1) is 29.5 Å². The van der Waals surface area contributed by atoms with Crippen LogP contribution < -0.4 is 11.3 Å². The fourth-order valence-corrected chi connectivity index (χ4v) is 3.67. The Kier molecular flexibility index (Phi) is 4.66. The van der Waals surface area contributed by atoms with Gasteiger partial charge in [0.15, 0.2) is 0 Å². The molecule has 0 atom stereocenters. The predicted octanol–water partition coefficient (Wildman–Crippen LogP) is 3.96. The van der Waals surface area contributed by atoms with Crippen molar-refractivity contribution in [1.29, 1.82) is 0 Å². The molecule has 0 aliphatic rings. The van der Waals surface area contributed by atoms with Gasteiger partial charge >= 0.3 is 0 Å². The highest BCUT2D eigenvalue weighted by Gasteiger charge is 2.19. The summed E-state index contributed by atoms with van der Waals surface area (Å²) in [7, 11) is 1.83. The molecule has 0 bridgehead atoms. The predicted molar refractivity (Wildman–Crippen MR) is 114 cm³/mol. The van der Waals surface area contributed by atoms with E-state index in [2.05, 4.69) is 20.1 Å². The highest BCUT2D eigenvalue weighted by Crippen LogP contribution is 2.41. The van der Waals surface area contributed by atoms with Crippen molar-refractivity contribution in [3.05, 3.63) is 74.6 Å². The summed E-state index contributed by atoms with van der Waals surface area (Å²) in [6, 6.07) is 9.12. The number of fused-ring (bicyclic) bond motifs is 1. The van der Waals surface area contributed by atoms with Crippen molar-refractivity contribution in [3.63, 3.8) is 0 Å². The van der Waals surface area contributed by atoms with Gasteiger partial charge in [-0.1, -0.05) is 23.7 Å². The van der Waals surface area contributed by atoms with Crippen LogP contribution in [-0.4, -0.2) is 20.0 Å². The molecule has 0 saturated carbocycles. The number of H-pyrrole nitrogens is 1. The van der Waals surface area contributed by atoms with Gasteiger partial charge in [-0.05, 0) is 36.2 Å². The van der Waals surface area contributed by atoms with Crippen LogP contribution in [0.2, 0.25) is 5.02 Å². The fourth-order valence-electron chi connectivity index (χ4n) is 3.52. The van der Waals surface area contributed by atoms with Gasteiger partial charge < -0.3 is 5.73 Å². The van der Waals surface area contributed by atoms with Crippen molar-refractivity contribution in [1.82, 2.24) is 20.0 Å². The third-order valence-electron chi connectivity index (χ3n) is 5.04. The van der Waals surface area contributed by atoms with Crippen LogP contribution in [0.3, 0.4) is 0 Å². The fraction of sp³-hybridized carbons (Fsp3) is 0.143. The van der Waals surface area contributed by atoms with Crippen LogP contribution in [-0.2, 0) is 13.6 Å². The van der Waals surface area contributed by atoms with Crippen LogP contribution in [0.5, 0.6) is 0 Å². The van der Waals surface area contributed by atoms with Crippen molar-refractivity contribution >= 4 is 28.1 Å². The van der Waals surface area contributed by atoms with E-state index < -0.39 is 0 Å². The Bertz CT molecular complexity index is 1360. The topological polar surface area (TPSA) is 93.9 Å². The lowest BCUT2D eigenvalue weighted by atomic mass is 9.97. The third kappa shape index (κ3) is 2.99. The van der Waals surface area contributed by atoms with Gasteiger partial charge in [0.2, 0.25) is 5.69 Å². The largest absolute Gasteiger partial charge is 0.325 e. The third-order valence-corrected chi connectivity index (χ3v) is 5.45. The van der Waals surface area contributed by atoms with Gasteiger partial charge in [-0.15, -0.1) is 0 Å². The molecule has 29 heavy (non-hydrogen) atoms. The lowest BCUT2D eigenvalue weighted by molar-refractivity contribution is 0.776. The standard InChI is InChI=1S/C21H17ClN6O/c1-11-17(22)7-6-14(19(11)24-2)20-16(10-25-28(20)3)12-4-5-13-15(8-12)18(9-23)26-27-21(13)29/h4-8,10H,9,23H2,1,3H3,(H,27,29). The van der Waals surface area contributed by atoms with E-state index in [1.165, 1.54) is 0 Å². The summed E-state index contributed by atoms with van der Waals surface area (Å²) in [4.78, 5) is 15.8. The second-order valence-electron chi connectivity index (χ2n) is 6.67. The zero-order chi connectivity index (χ0) is 20.7. The summed E-state index contributed by atoms with van der Waals surface area (Å²) < 4.78 is 1.73. The molecule has 4 aromatic rings. The van der Waals surface area contributed by atoms with Crippen molar-refractivity contribution in [2.45, 2.75) is 13.5 Å². The van der Waals surface area contributed by atoms with Crippen molar-refractivity contribution in [2.75, 3.05) is 0 Å². The molecule has 0 fully saturated rings. The van der Waals surface area contributed by atoms with E-state index in [1.54, 1.807) is 23.0 Å². The molecule has 7 nitrogen and oxygen atoms in total. The second kappa shape index (κ2) is 7.17. The van der Waals surface area contributed by atoms with Gasteiger partial charge in [-0.25, -0.2) is 9.94 Å². The number of nitrogens with two attached hydrogens (primary N) is 1. The molecular weight excluding hydrogens is 388 g/mol. The van der Waals surface area contributed by atoms with E-state index in [0.29, 0.717) is 27.2 Å². The number of benzene rings is 2. The van der Waals surface area contributed by atoms with Crippen LogP contribution in [0.1, 0.15) is 11.3 Å². The molecule has 0 saturated heterocycles. The summed E-state index contributed by atoms with van der Waals surface area (Å²) in [5.41, 5.74) is 10.6. The van der Waals surface area contributed by atoms with Crippen molar-refractivity contribution < 1.29 is 0 Å². The lowest BCUT2D eigenvalue weighted by Crippen LogP contribution is -2.13. The minimum Gasteiger partial charge on any atom is -0.325 e. The van der Waals surface area contributed by atoms with E-state index in [4.69, 9.17) is 23.9 Å². The summed E-state index contributed by atoms with van der Waals surface area (Å²) >= 11 is 6.22. The molecule has 144 valence electrons. The van der Waals surface area contributed by atoms with Crippen LogP contribution in [0, 0.1) is 13.5 Å². The number of nitrogens with zero attached hydrogens (tertiary/aromatic N) is 4. The van der Waals surface area contributed by atoms with Gasteiger partial charge in [0, 0.05) is 35.1 Å². The van der Waals surface area contributed by atoms with E-state index in [9.17, 15) is 4.79 Å². The molecule has 0 unspecified atom stereocenters. The zero-order valence-corrected chi connectivity index (χ0v) is 16.6. The average molecular weight is 405 g/mol. The number of hydrogen-bond acceptors (Lipinski definition) is 4. The molecule has 0 amide bonds. The molecular formula is C21H17ClN6O. The molecule has 0 aliphatic carbocycles. The van der Waals surface area contributed by atoms with Gasteiger partial charge in [0.1, 0.15) is 0 Å². The van der Waals surface area contributed by atoms with Crippen LogP contribution >= 0.6 is 11.6 Å². The normalized spacial score (nSPS) is 11.0. The number of rotatable bonds is 3. The van der Waals surface area contributed by atoms with E-state index >= 15 is 0 Å². The molecule has 8 heteroatoms. The maximum atomic E-state index is 12.1. The zero-order valence-electron chi connectivity index (χ0n) is 15.8. The SMILES string of the molecule is [C-]#[N+]c1c(-c2c(-c3ccc4c(=O)[nH]nc(CN)c4c3)cnn2C)ccc(Cl)c1C. The highest BCUT2D eigenvalue weighted by molar-refractivity contribution is 6.32. The number of aromatic nitrogens is 4. The minimum absolute atomic E-state index is 0.203. The summed E-state index contributed by atoms with van der Waals surface area (Å²) in [5.74, 6) is 0. The number of aryl methyl sites for hydroxylation is 1. The maximum absolute atomic E-state index is 12.1. The molecule has 2 heterocycles. The summed E-state index contributed by atoms with van der Waals surface area (Å²) in [6.07, 6.45) is 1.75. The summed E-state index contributed by atoms with van der Waals surface area (Å²) in [5, 5.41) is 12.7. The molecule has 2 aromatic heterocycles. The quantitative estimate of drug-likeness (QED) is 0.505. The Morgan fingerprint density at radius 3 is 2.76 bits per heavy atom. The number of halogens is 1.